The van der Waals surface area contributed by atoms with Crippen molar-refractivity contribution in [2.75, 3.05) is 51.7 Å². The molecule has 2 aromatic heterocycles. The Morgan fingerprint density at radius 2 is 1.96 bits per heavy atom. The average molecular weight is 401 g/mol. The van der Waals surface area contributed by atoms with Crippen LogP contribution in [0.4, 0.5) is 5.82 Å². The number of likely N-dealkylation sites (N-methyl/N-ethyl adjacent to an activating group) is 1. The summed E-state index contributed by atoms with van der Waals surface area (Å²) < 4.78 is 0. The van der Waals surface area contributed by atoms with Gasteiger partial charge in [0.15, 0.2) is 5.96 Å². The van der Waals surface area contributed by atoms with Crippen LogP contribution in [0.3, 0.4) is 0 Å². The molecule has 1 saturated heterocycles. The van der Waals surface area contributed by atoms with Crippen molar-refractivity contribution in [3.63, 3.8) is 0 Å². The predicted molar refractivity (Wildman–Crippen MR) is 119 cm³/mol. The van der Waals surface area contributed by atoms with Crippen molar-refractivity contribution in [1.29, 1.82) is 0 Å². The number of hydrogen-bond donors (Lipinski definition) is 2. The molecule has 152 valence electrons. The van der Waals surface area contributed by atoms with Crippen molar-refractivity contribution in [2.24, 2.45) is 4.99 Å². The Balaban J connectivity index is 1.48. The second kappa shape index (κ2) is 9.39. The Morgan fingerprint density at radius 1 is 1.18 bits per heavy atom. The molecule has 2 N–H and O–H groups in total. The van der Waals surface area contributed by atoms with Gasteiger partial charge in [0, 0.05) is 62.8 Å². The van der Waals surface area contributed by atoms with Gasteiger partial charge in [0.1, 0.15) is 5.82 Å². The highest BCUT2D eigenvalue weighted by Gasteiger charge is 2.22. The van der Waals surface area contributed by atoms with E-state index in [0.717, 1.165) is 50.1 Å². The lowest BCUT2D eigenvalue weighted by Crippen LogP contribution is -2.44. The van der Waals surface area contributed by atoms with Crippen LogP contribution in [0.15, 0.2) is 40.8 Å². The standard InChI is InChI=1S/C21H32N6S/c1-21(2,18-6-5-13-28-18)16-25-20(22-3)24-15-17-7-8-19(23-14-17)27-11-9-26(4)10-12-27/h5-8,13-14H,9-12,15-16H2,1-4H3,(H2,22,24,25). The summed E-state index contributed by atoms with van der Waals surface area (Å²) in [5.41, 5.74) is 1.22. The van der Waals surface area contributed by atoms with Gasteiger partial charge >= 0.3 is 0 Å². The molecule has 1 aliphatic rings. The minimum atomic E-state index is 0.0670. The Labute approximate surface area is 172 Å². The van der Waals surface area contributed by atoms with E-state index in [2.05, 4.69) is 81.0 Å². The minimum Gasteiger partial charge on any atom is -0.356 e. The predicted octanol–water partition coefficient (Wildman–Crippen LogP) is 2.54. The third-order valence-corrected chi connectivity index (χ3v) is 6.44. The van der Waals surface area contributed by atoms with Gasteiger partial charge in [-0.15, -0.1) is 11.3 Å². The molecule has 0 atom stereocenters. The summed E-state index contributed by atoms with van der Waals surface area (Å²) in [5.74, 6) is 1.88. The zero-order valence-corrected chi connectivity index (χ0v) is 18.2. The van der Waals surface area contributed by atoms with Gasteiger partial charge in [0.2, 0.25) is 0 Å². The van der Waals surface area contributed by atoms with Gasteiger partial charge in [-0.3, -0.25) is 4.99 Å². The topological polar surface area (TPSA) is 55.8 Å². The molecule has 6 nitrogen and oxygen atoms in total. The summed E-state index contributed by atoms with van der Waals surface area (Å²) in [6, 6.07) is 8.57. The summed E-state index contributed by atoms with van der Waals surface area (Å²) in [5, 5.41) is 8.97. The van der Waals surface area contributed by atoms with Crippen molar-refractivity contribution in [3.05, 3.63) is 46.3 Å². The van der Waals surface area contributed by atoms with Gasteiger partial charge < -0.3 is 20.4 Å². The number of anilines is 1. The normalized spacial score (nSPS) is 16.3. The Kier molecular flexibility index (Phi) is 6.91. The maximum Gasteiger partial charge on any atom is 0.191 e. The molecule has 3 heterocycles. The lowest BCUT2D eigenvalue weighted by Gasteiger charge is -2.33. The Morgan fingerprint density at radius 3 is 2.57 bits per heavy atom. The van der Waals surface area contributed by atoms with Gasteiger partial charge in [-0.05, 0) is 30.1 Å². The van der Waals surface area contributed by atoms with Crippen LogP contribution in [0.5, 0.6) is 0 Å². The highest BCUT2D eigenvalue weighted by molar-refractivity contribution is 7.10. The van der Waals surface area contributed by atoms with Gasteiger partial charge in [-0.25, -0.2) is 4.98 Å². The number of nitrogens with zero attached hydrogens (tertiary/aromatic N) is 4. The quantitative estimate of drug-likeness (QED) is 0.577. The molecule has 0 aromatic carbocycles. The third-order valence-electron chi connectivity index (χ3n) is 5.21. The van der Waals surface area contributed by atoms with E-state index in [9.17, 15) is 0 Å². The first-order valence-corrected chi connectivity index (χ1v) is 10.7. The molecule has 0 unspecified atom stereocenters. The summed E-state index contributed by atoms with van der Waals surface area (Å²) in [4.78, 5) is 15.1. The molecule has 0 radical (unpaired) electrons. The summed E-state index contributed by atoms with van der Waals surface area (Å²) in [6.07, 6.45) is 1.96. The molecular formula is C21H32N6S. The lowest BCUT2D eigenvalue weighted by atomic mass is 9.91. The molecule has 2 aromatic rings. The van der Waals surface area contributed by atoms with E-state index in [1.807, 2.05) is 13.2 Å². The van der Waals surface area contributed by atoms with Gasteiger partial charge in [-0.2, -0.15) is 0 Å². The number of guanidine groups is 1. The van der Waals surface area contributed by atoms with Crippen LogP contribution in [-0.4, -0.2) is 62.7 Å². The van der Waals surface area contributed by atoms with Crippen LogP contribution in [0.25, 0.3) is 0 Å². The van der Waals surface area contributed by atoms with Crippen molar-refractivity contribution in [2.45, 2.75) is 25.8 Å². The first-order chi connectivity index (χ1) is 13.5. The molecule has 0 aliphatic carbocycles. The maximum absolute atomic E-state index is 4.66. The second-order valence-electron chi connectivity index (χ2n) is 7.96. The minimum absolute atomic E-state index is 0.0670. The van der Waals surface area contributed by atoms with Crippen LogP contribution < -0.4 is 15.5 Å². The molecule has 7 heteroatoms. The number of aliphatic imine (C=N–C) groups is 1. The zero-order valence-electron chi connectivity index (χ0n) is 17.4. The first kappa shape index (κ1) is 20.6. The van der Waals surface area contributed by atoms with E-state index in [1.165, 1.54) is 4.88 Å². The van der Waals surface area contributed by atoms with E-state index < -0.39 is 0 Å². The Bertz CT molecular complexity index is 746. The molecule has 1 aliphatic heterocycles. The SMILES string of the molecule is CN=C(NCc1ccc(N2CCN(C)CC2)nc1)NCC(C)(C)c1cccs1. The fourth-order valence-electron chi connectivity index (χ4n) is 3.21. The molecule has 0 bridgehead atoms. The molecule has 0 spiro atoms. The molecule has 3 rings (SSSR count). The second-order valence-corrected chi connectivity index (χ2v) is 8.90. The number of thiophene rings is 1. The number of pyridine rings is 1. The van der Waals surface area contributed by atoms with Crippen LogP contribution >= 0.6 is 11.3 Å². The zero-order chi connectivity index (χ0) is 20.0. The maximum atomic E-state index is 4.66. The van der Waals surface area contributed by atoms with Gasteiger partial charge in [0.05, 0.1) is 0 Å². The molecule has 28 heavy (non-hydrogen) atoms. The number of rotatable bonds is 6. The number of hydrogen-bond acceptors (Lipinski definition) is 5. The Hall–Kier alpha value is -2.12. The van der Waals surface area contributed by atoms with Gasteiger partial charge in [0.25, 0.3) is 0 Å². The fraction of sp³-hybridized carbons (Fsp3) is 0.524. The van der Waals surface area contributed by atoms with Crippen molar-refractivity contribution < 1.29 is 0 Å². The van der Waals surface area contributed by atoms with Gasteiger partial charge in [-0.1, -0.05) is 26.0 Å². The molecule has 0 amide bonds. The largest absolute Gasteiger partial charge is 0.356 e. The van der Waals surface area contributed by atoms with Crippen molar-refractivity contribution in [3.8, 4) is 0 Å². The van der Waals surface area contributed by atoms with Crippen molar-refractivity contribution >= 4 is 23.1 Å². The number of aromatic nitrogens is 1. The molecule has 0 saturated carbocycles. The van der Waals surface area contributed by atoms with Crippen molar-refractivity contribution in [1.82, 2.24) is 20.5 Å². The first-order valence-electron chi connectivity index (χ1n) is 9.85. The summed E-state index contributed by atoms with van der Waals surface area (Å²) in [7, 11) is 3.98. The fourth-order valence-corrected chi connectivity index (χ4v) is 4.06. The smallest absolute Gasteiger partial charge is 0.191 e. The molecule has 1 fully saturated rings. The van der Waals surface area contributed by atoms with E-state index in [-0.39, 0.29) is 5.41 Å². The van der Waals surface area contributed by atoms with Crippen LogP contribution in [-0.2, 0) is 12.0 Å². The number of nitrogens with one attached hydrogen (secondary N) is 2. The van der Waals surface area contributed by atoms with E-state index in [0.29, 0.717) is 6.54 Å². The lowest BCUT2D eigenvalue weighted by molar-refractivity contribution is 0.312. The van der Waals surface area contributed by atoms with E-state index in [1.54, 1.807) is 11.3 Å². The third kappa shape index (κ3) is 5.45. The summed E-state index contributed by atoms with van der Waals surface area (Å²) in [6.45, 7) is 10.3. The average Bonchev–Trinajstić information content (AvgIpc) is 3.25. The highest BCUT2D eigenvalue weighted by atomic mass is 32.1. The summed E-state index contributed by atoms with van der Waals surface area (Å²) >= 11 is 1.80. The van der Waals surface area contributed by atoms with E-state index >= 15 is 0 Å². The number of piperazine rings is 1. The van der Waals surface area contributed by atoms with Crippen LogP contribution in [0, 0.1) is 0 Å². The van der Waals surface area contributed by atoms with Crippen LogP contribution in [0.1, 0.15) is 24.3 Å². The van der Waals surface area contributed by atoms with E-state index in [4.69, 9.17) is 0 Å². The monoisotopic (exact) mass is 400 g/mol. The van der Waals surface area contributed by atoms with Crippen LogP contribution in [0.2, 0.25) is 0 Å². The highest BCUT2D eigenvalue weighted by Crippen LogP contribution is 2.26. The molecular weight excluding hydrogens is 368 g/mol.